The number of rotatable bonds is 4. The summed E-state index contributed by atoms with van der Waals surface area (Å²) in [7, 11) is 0. The number of aromatic nitrogens is 1. The average molecular weight is 255 g/mol. The Kier molecular flexibility index (Phi) is 3.74. The SMILES string of the molecule is CCCOc1nc(C(F)(F)F)c(C(=O)O)s1. The molecule has 0 amide bonds. The van der Waals surface area contributed by atoms with Gasteiger partial charge in [0, 0.05) is 0 Å². The molecule has 16 heavy (non-hydrogen) atoms. The van der Waals surface area contributed by atoms with Gasteiger partial charge in [0.05, 0.1) is 6.61 Å². The molecule has 0 aliphatic carbocycles. The Morgan fingerprint density at radius 1 is 1.56 bits per heavy atom. The van der Waals surface area contributed by atoms with Crippen molar-refractivity contribution in [2.75, 3.05) is 6.61 Å². The molecule has 0 fully saturated rings. The van der Waals surface area contributed by atoms with Crippen molar-refractivity contribution in [1.29, 1.82) is 0 Å². The van der Waals surface area contributed by atoms with Crippen LogP contribution in [-0.2, 0) is 6.18 Å². The Labute approximate surface area is 92.7 Å². The lowest BCUT2D eigenvalue weighted by atomic mass is 10.3. The molecule has 0 radical (unpaired) electrons. The summed E-state index contributed by atoms with van der Waals surface area (Å²) in [6, 6.07) is 0. The number of halogens is 3. The highest BCUT2D eigenvalue weighted by Gasteiger charge is 2.40. The summed E-state index contributed by atoms with van der Waals surface area (Å²) in [5, 5.41) is 8.31. The predicted octanol–water partition coefficient (Wildman–Crippen LogP) is 2.65. The van der Waals surface area contributed by atoms with Gasteiger partial charge in [0.15, 0.2) is 5.69 Å². The Morgan fingerprint density at radius 2 is 2.19 bits per heavy atom. The van der Waals surface area contributed by atoms with E-state index >= 15 is 0 Å². The lowest BCUT2D eigenvalue weighted by molar-refractivity contribution is -0.141. The third-order valence-electron chi connectivity index (χ3n) is 1.50. The molecular weight excluding hydrogens is 247 g/mol. The van der Waals surface area contributed by atoms with E-state index in [9.17, 15) is 18.0 Å². The van der Waals surface area contributed by atoms with E-state index in [4.69, 9.17) is 9.84 Å². The van der Waals surface area contributed by atoms with Crippen LogP contribution in [-0.4, -0.2) is 22.7 Å². The van der Waals surface area contributed by atoms with Crippen molar-refractivity contribution >= 4 is 17.3 Å². The van der Waals surface area contributed by atoms with Crippen LogP contribution in [0.2, 0.25) is 0 Å². The quantitative estimate of drug-likeness (QED) is 0.898. The highest BCUT2D eigenvalue weighted by atomic mass is 32.1. The third-order valence-corrected chi connectivity index (χ3v) is 2.46. The van der Waals surface area contributed by atoms with Gasteiger partial charge in [-0.15, -0.1) is 0 Å². The number of carbonyl (C=O) groups is 1. The lowest BCUT2D eigenvalue weighted by Gasteiger charge is -2.02. The van der Waals surface area contributed by atoms with Gasteiger partial charge in [0.25, 0.3) is 5.19 Å². The minimum Gasteiger partial charge on any atom is -0.477 e. The van der Waals surface area contributed by atoms with E-state index in [1.165, 1.54) is 0 Å². The van der Waals surface area contributed by atoms with Gasteiger partial charge in [-0.3, -0.25) is 0 Å². The predicted molar refractivity (Wildman–Crippen MR) is 49.9 cm³/mol. The number of aromatic carboxylic acids is 1. The number of hydrogen-bond donors (Lipinski definition) is 1. The number of nitrogens with zero attached hydrogens (tertiary/aromatic N) is 1. The van der Waals surface area contributed by atoms with E-state index < -0.39 is 22.7 Å². The van der Waals surface area contributed by atoms with E-state index in [1.807, 2.05) is 0 Å². The van der Waals surface area contributed by atoms with Crippen molar-refractivity contribution in [1.82, 2.24) is 4.98 Å². The summed E-state index contributed by atoms with van der Waals surface area (Å²) in [5.74, 6) is -1.66. The maximum Gasteiger partial charge on any atom is 0.435 e. The molecule has 0 saturated carbocycles. The van der Waals surface area contributed by atoms with E-state index in [0.717, 1.165) is 0 Å². The summed E-state index contributed by atoms with van der Waals surface area (Å²) < 4.78 is 42.0. The van der Waals surface area contributed by atoms with E-state index in [2.05, 4.69) is 4.98 Å². The van der Waals surface area contributed by atoms with Crippen molar-refractivity contribution in [3.05, 3.63) is 10.6 Å². The van der Waals surface area contributed by atoms with Gasteiger partial charge in [0.2, 0.25) is 0 Å². The molecule has 1 rings (SSSR count). The monoisotopic (exact) mass is 255 g/mol. The van der Waals surface area contributed by atoms with Crippen LogP contribution in [0.3, 0.4) is 0 Å². The first-order valence-corrected chi connectivity index (χ1v) is 5.12. The summed E-state index contributed by atoms with van der Waals surface area (Å²) >= 11 is 0.382. The molecule has 0 atom stereocenters. The summed E-state index contributed by atoms with van der Waals surface area (Å²) in [4.78, 5) is 12.9. The molecule has 1 heterocycles. The minimum absolute atomic E-state index is 0.198. The molecule has 1 N–H and O–H groups in total. The van der Waals surface area contributed by atoms with Gasteiger partial charge in [-0.25, -0.2) is 4.79 Å². The van der Waals surface area contributed by atoms with Gasteiger partial charge < -0.3 is 9.84 Å². The molecule has 0 unspecified atom stereocenters. The molecule has 1 aromatic heterocycles. The molecule has 90 valence electrons. The van der Waals surface area contributed by atoms with Crippen molar-refractivity contribution in [2.24, 2.45) is 0 Å². The molecule has 4 nitrogen and oxygen atoms in total. The first-order valence-electron chi connectivity index (χ1n) is 4.30. The maximum absolute atomic E-state index is 12.4. The number of hydrogen-bond acceptors (Lipinski definition) is 4. The largest absolute Gasteiger partial charge is 0.477 e. The van der Waals surface area contributed by atoms with E-state index in [-0.39, 0.29) is 11.8 Å². The second-order valence-electron chi connectivity index (χ2n) is 2.81. The molecule has 0 spiro atoms. The summed E-state index contributed by atoms with van der Waals surface area (Å²) in [6.07, 6.45) is -4.18. The van der Waals surface area contributed by atoms with Crippen molar-refractivity contribution in [3.8, 4) is 5.19 Å². The minimum atomic E-state index is -4.78. The third kappa shape index (κ3) is 2.84. The van der Waals surface area contributed by atoms with Crippen LogP contribution >= 0.6 is 11.3 Å². The van der Waals surface area contributed by atoms with Crippen molar-refractivity contribution in [2.45, 2.75) is 19.5 Å². The van der Waals surface area contributed by atoms with E-state index in [1.54, 1.807) is 6.92 Å². The van der Waals surface area contributed by atoms with Gasteiger partial charge in [-0.2, -0.15) is 18.2 Å². The maximum atomic E-state index is 12.4. The molecule has 1 aromatic rings. The zero-order chi connectivity index (χ0) is 12.3. The van der Waals surface area contributed by atoms with Crippen LogP contribution in [0.5, 0.6) is 5.19 Å². The zero-order valence-electron chi connectivity index (χ0n) is 8.17. The van der Waals surface area contributed by atoms with Crippen LogP contribution in [0.1, 0.15) is 28.7 Å². The fraction of sp³-hybridized carbons (Fsp3) is 0.500. The molecule has 0 aliphatic rings. The fourth-order valence-electron chi connectivity index (χ4n) is 0.889. The highest BCUT2D eigenvalue weighted by Crippen LogP contribution is 2.36. The van der Waals surface area contributed by atoms with E-state index in [0.29, 0.717) is 17.8 Å². The number of alkyl halides is 3. The normalized spacial score (nSPS) is 11.5. The summed E-state index contributed by atoms with van der Waals surface area (Å²) in [6.45, 7) is 1.97. The second kappa shape index (κ2) is 4.69. The van der Waals surface area contributed by atoms with Gasteiger partial charge in [-0.1, -0.05) is 18.3 Å². The number of thiazole rings is 1. The number of carboxylic acid groups (broad SMARTS) is 1. The van der Waals surface area contributed by atoms with Crippen LogP contribution in [0, 0.1) is 0 Å². The Morgan fingerprint density at radius 3 is 2.56 bits per heavy atom. The van der Waals surface area contributed by atoms with Crippen molar-refractivity contribution in [3.63, 3.8) is 0 Å². The molecule has 0 bridgehead atoms. The highest BCUT2D eigenvalue weighted by molar-refractivity contribution is 7.15. The fourth-order valence-corrected chi connectivity index (χ4v) is 1.69. The molecule has 0 saturated heterocycles. The number of carboxylic acids is 1. The number of ether oxygens (including phenoxy) is 1. The smallest absolute Gasteiger partial charge is 0.435 e. The van der Waals surface area contributed by atoms with Crippen LogP contribution in [0.4, 0.5) is 13.2 Å². The van der Waals surface area contributed by atoms with Gasteiger partial charge in [0.1, 0.15) is 4.88 Å². The van der Waals surface area contributed by atoms with Crippen LogP contribution < -0.4 is 4.74 Å². The molecule has 0 aromatic carbocycles. The topological polar surface area (TPSA) is 59.4 Å². The first-order chi connectivity index (χ1) is 7.36. The molecule has 8 heteroatoms. The standard InChI is InChI=1S/C8H8F3NO3S/c1-2-3-15-7-12-5(8(9,10)11)4(16-7)6(13)14/h2-3H2,1H3,(H,13,14). The Bertz CT molecular complexity index is 388. The van der Waals surface area contributed by atoms with Gasteiger partial charge >= 0.3 is 12.1 Å². The second-order valence-corrected chi connectivity index (χ2v) is 3.77. The zero-order valence-corrected chi connectivity index (χ0v) is 8.98. The lowest BCUT2D eigenvalue weighted by Crippen LogP contribution is -2.11. The molecular formula is C8H8F3NO3S. The molecule has 0 aliphatic heterocycles. The average Bonchev–Trinajstić information content (AvgIpc) is 2.58. The Balaban J connectivity index is 3.06. The van der Waals surface area contributed by atoms with Crippen LogP contribution in [0.15, 0.2) is 0 Å². The van der Waals surface area contributed by atoms with Crippen molar-refractivity contribution < 1.29 is 27.8 Å². The Hall–Kier alpha value is -1.31. The first kappa shape index (κ1) is 12.8. The van der Waals surface area contributed by atoms with Gasteiger partial charge in [-0.05, 0) is 6.42 Å². The summed E-state index contributed by atoms with van der Waals surface area (Å²) in [5.41, 5.74) is -1.41. The van der Waals surface area contributed by atoms with Crippen LogP contribution in [0.25, 0.3) is 0 Å².